The lowest BCUT2D eigenvalue weighted by Gasteiger charge is -2.22. The van der Waals surface area contributed by atoms with E-state index in [1.165, 1.54) is 0 Å². The first-order valence-corrected chi connectivity index (χ1v) is 8.03. The third-order valence-electron chi connectivity index (χ3n) is 4.05. The molecule has 2 aromatic heterocycles. The Kier molecular flexibility index (Phi) is 4.57. The molecule has 0 unspecified atom stereocenters. The van der Waals surface area contributed by atoms with E-state index in [2.05, 4.69) is 29.4 Å². The molecule has 1 aromatic carbocycles. The van der Waals surface area contributed by atoms with Crippen molar-refractivity contribution in [3.05, 3.63) is 60.0 Å². The van der Waals surface area contributed by atoms with Crippen LogP contribution in [0.2, 0.25) is 0 Å². The van der Waals surface area contributed by atoms with Crippen molar-refractivity contribution in [1.82, 2.24) is 19.9 Å². The van der Waals surface area contributed by atoms with Crippen LogP contribution in [0.5, 0.6) is 5.75 Å². The van der Waals surface area contributed by atoms with Crippen molar-refractivity contribution in [1.29, 1.82) is 0 Å². The Labute approximate surface area is 136 Å². The zero-order chi connectivity index (χ0) is 16.2. The summed E-state index contributed by atoms with van der Waals surface area (Å²) in [6.45, 7) is 4.26. The van der Waals surface area contributed by atoms with Crippen molar-refractivity contribution in [2.45, 2.75) is 38.8 Å². The van der Waals surface area contributed by atoms with Crippen molar-refractivity contribution in [3.63, 3.8) is 0 Å². The average Bonchev–Trinajstić information content (AvgIpc) is 2.98. The zero-order valence-electron chi connectivity index (χ0n) is 13.5. The lowest BCUT2D eigenvalue weighted by Crippen LogP contribution is -2.26. The van der Waals surface area contributed by atoms with Crippen LogP contribution in [0.15, 0.2) is 48.7 Å². The molecule has 3 rings (SSSR count). The van der Waals surface area contributed by atoms with Gasteiger partial charge in [0, 0.05) is 12.2 Å². The van der Waals surface area contributed by atoms with Gasteiger partial charge >= 0.3 is 0 Å². The second-order valence-corrected chi connectivity index (χ2v) is 5.81. The highest BCUT2D eigenvalue weighted by Crippen LogP contribution is 2.24. The highest BCUT2D eigenvalue weighted by atomic mass is 16.3. The molecule has 0 saturated heterocycles. The van der Waals surface area contributed by atoms with Gasteiger partial charge in [0.25, 0.3) is 0 Å². The number of hydrogen-bond donors (Lipinski definition) is 2. The maximum atomic E-state index is 9.67. The molecule has 3 aromatic rings. The minimum absolute atomic E-state index is 0.106. The highest BCUT2D eigenvalue weighted by Gasteiger charge is 2.20. The van der Waals surface area contributed by atoms with Gasteiger partial charge in [0.15, 0.2) is 11.5 Å². The molecule has 0 amide bonds. The number of pyridine rings is 1. The number of aromatic hydroxyl groups is 1. The molecule has 5 heteroatoms. The third kappa shape index (κ3) is 3.35. The molecule has 0 spiro atoms. The normalized spacial score (nSPS) is 14.0. The van der Waals surface area contributed by atoms with Crippen LogP contribution in [0.4, 0.5) is 0 Å². The molecule has 5 nitrogen and oxygen atoms in total. The number of hydrogen-bond acceptors (Lipinski definition) is 4. The maximum Gasteiger partial charge on any atom is 0.160 e. The van der Waals surface area contributed by atoms with E-state index in [1.807, 2.05) is 40.9 Å². The topological polar surface area (TPSA) is 62.5 Å². The standard InChI is InChI=1S/C18H22N4O/c1-3-7-16(18-21-20-17-10-4-5-11-22(17)18)19-13(2)14-8-6-9-15(23)12-14/h4-6,8-13,16,19,23H,3,7H2,1-2H3/t13-,16+/m1/s1. The molecule has 2 heterocycles. The number of phenols is 1. The van der Waals surface area contributed by atoms with E-state index in [0.717, 1.165) is 29.9 Å². The van der Waals surface area contributed by atoms with Crippen molar-refractivity contribution in [3.8, 4) is 5.75 Å². The van der Waals surface area contributed by atoms with E-state index in [9.17, 15) is 5.11 Å². The fourth-order valence-electron chi connectivity index (χ4n) is 2.87. The van der Waals surface area contributed by atoms with E-state index >= 15 is 0 Å². The summed E-state index contributed by atoms with van der Waals surface area (Å²) in [6, 6.07) is 13.5. The number of fused-ring (bicyclic) bond motifs is 1. The minimum atomic E-state index is 0.106. The van der Waals surface area contributed by atoms with Crippen LogP contribution in [0, 0.1) is 0 Å². The molecule has 0 bridgehead atoms. The van der Waals surface area contributed by atoms with Crippen LogP contribution >= 0.6 is 0 Å². The van der Waals surface area contributed by atoms with E-state index in [1.54, 1.807) is 12.1 Å². The van der Waals surface area contributed by atoms with Gasteiger partial charge in [0.1, 0.15) is 5.75 Å². The Hall–Kier alpha value is -2.40. The Balaban J connectivity index is 1.87. The molecule has 2 N–H and O–H groups in total. The summed E-state index contributed by atoms with van der Waals surface area (Å²) in [6.07, 6.45) is 4.01. The summed E-state index contributed by atoms with van der Waals surface area (Å²) in [4.78, 5) is 0. The number of aromatic nitrogens is 3. The third-order valence-corrected chi connectivity index (χ3v) is 4.05. The summed E-state index contributed by atoms with van der Waals surface area (Å²) in [5, 5.41) is 21.9. The van der Waals surface area contributed by atoms with Gasteiger partial charge in [-0.25, -0.2) is 0 Å². The first kappa shape index (κ1) is 15.5. The Bertz CT molecular complexity index is 783. The quantitative estimate of drug-likeness (QED) is 0.730. The summed E-state index contributed by atoms with van der Waals surface area (Å²) in [5.74, 6) is 1.21. The van der Waals surface area contributed by atoms with Crippen LogP contribution in [0.25, 0.3) is 5.65 Å². The van der Waals surface area contributed by atoms with Gasteiger partial charge in [-0.1, -0.05) is 31.5 Å². The maximum absolute atomic E-state index is 9.67. The number of rotatable bonds is 6. The van der Waals surface area contributed by atoms with Crippen molar-refractivity contribution in [2.24, 2.45) is 0 Å². The summed E-state index contributed by atoms with van der Waals surface area (Å²) in [7, 11) is 0. The SMILES string of the molecule is CCC[C@H](N[C@H](C)c1cccc(O)c1)c1nnc2ccccn12. The van der Waals surface area contributed by atoms with Gasteiger partial charge < -0.3 is 10.4 Å². The smallest absolute Gasteiger partial charge is 0.160 e. The van der Waals surface area contributed by atoms with Gasteiger partial charge in [-0.2, -0.15) is 0 Å². The molecule has 0 aliphatic carbocycles. The van der Waals surface area contributed by atoms with Gasteiger partial charge in [0.05, 0.1) is 6.04 Å². The zero-order valence-corrected chi connectivity index (χ0v) is 13.5. The minimum Gasteiger partial charge on any atom is -0.508 e. The molecular formula is C18H22N4O. The summed E-state index contributed by atoms with van der Waals surface area (Å²) in [5.41, 5.74) is 1.91. The van der Waals surface area contributed by atoms with Gasteiger partial charge in [0.2, 0.25) is 0 Å². The first-order chi connectivity index (χ1) is 11.2. The number of benzene rings is 1. The fraction of sp³-hybridized carbons (Fsp3) is 0.333. The molecule has 0 radical (unpaired) electrons. The number of phenolic OH excluding ortho intramolecular Hbond substituents is 1. The van der Waals surface area contributed by atoms with E-state index in [-0.39, 0.29) is 17.8 Å². The average molecular weight is 310 g/mol. The molecule has 120 valence electrons. The molecule has 0 saturated carbocycles. The molecule has 23 heavy (non-hydrogen) atoms. The van der Waals surface area contributed by atoms with Crippen LogP contribution in [0.1, 0.15) is 50.2 Å². The largest absolute Gasteiger partial charge is 0.508 e. The lowest BCUT2D eigenvalue weighted by molar-refractivity contribution is 0.418. The first-order valence-electron chi connectivity index (χ1n) is 8.03. The van der Waals surface area contributed by atoms with E-state index < -0.39 is 0 Å². The second-order valence-electron chi connectivity index (χ2n) is 5.81. The van der Waals surface area contributed by atoms with Gasteiger partial charge in [-0.05, 0) is 43.2 Å². The monoisotopic (exact) mass is 310 g/mol. The predicted octanol–water partition coefficient (Wildman–Crippen LogP) is 3.63. The Morgan fingerprint density at radius 3 is 2.83 bits per heavy atom. The van der Waals surface area contributed by atoms with Gasteiger partial charge in [-0.3, -0.25) is 4.40 Å². The van der Waals surface area contributed by atoms with Crippen molar-refractivity contribution >= 4 is 5.65 Å². The number of nitrogens with one attached hydrogen (secondary N) is 1. The second kappa shape index (κ2) is 6.79. The lowest BCUT2D eigenvalue weighted by atomic mass is 10.0. The number of nitrogens with zero attached hydrogens (tertiary/aromatic N) is 3. The summed E-state index contributed by atoms with van der Waals surface area (Å²) >= 11 is 0. The van der Waals surface area contributed by atoms with Gasteiger partial charge in [-0.15, -0.1) is 10.2 Å². The van der Waals surface area contributed by atoms with Crippen LogP contribution in [0.3, 0.4) is 0 Å². The van der Waals surface area contributed by atoms with E-state index in [0.29, 0.717) is 0 Å². The van der Waals surface area contributed by atoms with E-state index in [4.69, 9.17) is 0 Å². The van der Waals surface area contributed by atoms with Crippen LogP contribution in [-0.4, -0.2) is 19.7 Å². The highest BCUT2D eigenvalue weighted by molar-refractivity contribution is 5.37. The molecular weight excluding hydrogens is 288 g/mol. The van der Waals surface area contributed by atoms with Crippen LogP contribution in [-0.2, 0) is 0 Å². The molecule has 0 aliphatic heterocycles. The van der Waals surface area contributed by atoms with Crippen molar-refractivity contribution in [2.75, 3.05) is 0 Å². The fourth-order valence-corrected chi connectivity index (χ4v) is 2.87. The molecule has 0 aliphatic rings. The Morgan fingerprint density at radius 2 is 2.04 bits per heavy atom. The summed E-state index contributed by atoms with van der Waals surface area (Å²) < 4.78 is 2.03. The van der Waals surface area contributed by atoms with Crippen LogP contribution < -0.4 is 5.32 Å². The predicted molar refractivity (Wildman–Crippen MR) is 90.3 cm³/mol. The molecule has 2 atom stereocenters. The molecule has 0 fully saturated rings. The Morgan fingerprint density at radius 1 is 1.17 bits per heavy atom. The van der Waals surface area contributed by atoms with Crippen molar-refractivity contribution < 1.29 is 5.11 Å².